The topological polar surface area (TPSA) is 59.8 Å². The maximum Gasteiger partial charge on any atom is 0.255 e. The first-order chi connectivity index (χ1) is 13.1. The number of anilines is 1. The highest BCUT2D eigenvalue weighted by Crippen LogP contribution is 2.31. The van der Waals surface area contributed by atoms with E-state index >= 15 is 0 Å². The lowest BCUT2D eigenvalue weighted by Gasteiger charge is -2.11. The standard InChI is InChI=1S/C20H18Cl2N4O/c21-14-6-4-5-13(11-14)20(27)23-15-8-9-17(22)16(12-15)19-25-24-18-7-2-1-3-10-26(18)19/h4-6,8-9,11-12H,1-3,7,10H2,(H,23,27). The molecule has 0 radical (unpaired) electrons. The molecular weight excluding hydrogens is 383 g/mol. The molecule has 4 rings (SSSR count). The largest absolute Gasteiger partial charge is 0.322 e. The van der Waals surface area contributed by atoms with E-state index < -0.39 is 0 Å². The molecule has 0 bridgehead atoms. The predicted octanol–water partition coefficient (Wildman–Crippen LogP) is 5.23. The quantitative estimate of drug-likeness (QED) is 0.654. The Morgan fingerprint density at radius 1 is 1.04 bits per heavy atom. The van der Waals surface area contributed by atoms with Gasteiger partial charge in [0.1, 0.15) is 5.82 Å². The number of aromatic nitrogens is 3. The predicted molar refractivity (Wildman–Crippen MR) is 107 cm³/mol. The molecular formula is C20H18Cl2N4O. The zero-order valence-electron chi connectivity index (χ0n) is 14.6. The van der Waals surface area contributed by atoms with Gasteiger partial charge < -0.3 is 9.88 Å². The smallest absolute Gasteiger partial charge is 0.255 e. The summed E-state index contributed by atoms with van der Waals surface area (Å²) < 4.78 is 2.14. The summed E-state index contributed by atoms with van der Waals surface area (Å²) in [5.74, 6) is 1.51. The number of amides is 1. The molecule has 1 aliphatic rings. The third-order valence-corrected chi connectivity index (χ3v) is 5.23. The summed E-state index contributed by atoms with van der Waals surface area (Å²) >= 11 is 12.4. The average Bonchev–Trinajstić information content (AvgIpc) is 2.91. The number of hydrogen-bond acceptors (Lipinski definition) is 3. The van der Waals surface area contributed by atoms with Crippen molar-refractivity contribution < 1.29 is 4.79 Å². The number of halogens is 2. The van der Waals surface area contributed by atoms with Gasteiger partial charge in [0.15, 0.2) is 5.82 Å². The van der Waals surface area contributed by atoms with Crippen LogP contribution in [0.3, 0.4) is 0 Å². The van der Waals surface area contributed by atoms with Crippen molar-refractivity contribution in [2.24, 2.45) is 0 Å². The van der Waals surface area contributed by atoms with Crippen molar-refractivity contribution in [1.82, 2.24) is 14.8 Å². The molecule has 1 N–H and O–H groups in total. The van der Waals surface area contributed by atoms with Crippen LogP contribution >= 0.6 is 23.2 Å². The number of carbonyl (C=O) groups is 1. The van der Waals surface area contributed by atoms with Gasteiger partial charge in [-0.2, -0.15) is 0 Å². The highest BCUT2D eigenvalue weighted by Gasteiger charge is 2.18. The Bertz CT molecular complexity index is 999. The fraction of sp³-hybridized carbons (Fsp3) is 0.250. The van der Waals surface area contributed by atoms with E-state index in [1.807, 2.05) is 6.07 Å². The third-order valence-electron chi connectivity index (χ3n) is 4.66. The molecule has 0 saturated carbocycles. The number of benzene rings is 2. The van der Waals surface area contributed by atoms with E-state index in [0.29, 0.717) is 21.3 Å². The second kappa shape index (κ2) is 7.71. The lowest BCUT2D eigenvalue weighted by atomic mass is 10.1. The fourth-order valence-corrected chi connectivity index (χ4v) is 3.68. The molecule has 0 saturated heterocycles. The van der Waals surface area contributed by atoms with Crippen LogP contribution in [0.15, 0.2) is 42.5 Å². The Morgan fingerprint density at radius 3 is 2.78 bits per heavy atom. The van der Waals surface area contributed by atoms with E-state index in [2.05, 4.69) is 20.1 Å². The number of aryl methyl sites for hydroxylation is 1. The Morgan fingerprint density at radius 2 is 1.93 bits per heavy atom. The van der Waals surface area contributed by atoms with E-state index in [4.69, 9.17) is 23.2 Å². The Labute approximate surface area is 167 Å². The molecule has 3 aromatic rings. The zero-order valence-corrected chi connectivity index (χ0v) is 16.1. The lowest BCUT2D eigenvalue weighted by molar-refractivity contribution is 0.102. The van der Waals surface area contributed by atoms with Gasteiger partial charge in [-0.05, 0) is 49.2 Å². The molecule has 0 unspecified atom stereocenters. The monoisotopic (exact) mass is 400 g/mol. The van der Waals surface area contributed by atoms with E-state index in [9.17, 15) is 4.79 Å². The SMILES string of the molecule is O=C(Nc1ccc(Cl)c(-c2nnc3n2CCCCC3)c1)c1cccc(Cl)c1. The van der Waals surface area contributed by atoms with Crippen molar-refractivity contribution in [1.29, 1.82) is 0 Å². The molecule has 0 fully saturated rings. The Hall–Kier alpha value is -2.37. The summed E-state index contributed by atoms with van der Waals surface area (Å²) in [7, 11) is 0. The number of nitrogens with one attached hydrogen (secondary N) is 1. The van der Waals surface area contributed by atoms with E-state index in [-0.39, 0.29) is 5.91 Å². The molecule has 0 aliphatic carbocycles. The number of fused-ring (bicyclic) bond motifs is 1. The number of rotatable bonds is 3. The van der Waals surface area contributed by atoms with Crippen molar-refractivity contribution in [3.05, 3.63) is 63.9 Å². The van der Waals surface area contributed by atoms with Crippen LogP contribution < -0.4 is 5.32 Å². The summed E-state index contributed by atoms with van der Waals surface area (Å²) in [6.07, 6.45) is 4.34. The molecule has 5 nitrogen and oxygen atoms in total. The molecule has 1 aromatic heterocycles. The first kappa shape index (κ1) is 18.0. The normalized spacial score (nSPS) is 13.7. The summed E-state index contributed by atoms with van der Waals surface area (Å²) in [6.45, 7) is 0.882. The van der Waals surface area contributed by atoms with Gasteiger partial charge in [0.05, 0.1) is 5.02 Å². The van der Waals surface area contributed by atoms with E-state index in [1.54, 1.807) is 36.4 Å². The molecule has 2 heterocycles. The van der Waals surface area contributed by atoms with Crippen LogP contribution in [0, 0.1) is 0 Å². The minimum Gasteiger partial charge on any atom is -0.322 e. The van der Waals surface area contributed by atoms with Crippen LogP contribution in [-0.2, 0) is 13.0 Å². The van der Waals surface area contributed by atoms with Gasteiger partial charge in [-0.3, -0.25) is 4.79 Å². The Balaban J connectivity index is 1.64. The van der Waals surface area contributed by atoms with Gasteiger partial charge in [0.25, 0.3) is 5.91 Å². The van der Waals surface area contributed by atoms with Crippen LogP contribution in [0.2, 0.25) is 10.0 Å². The van der Waals surface area contributed by atoms with Crippen molar-refractivity contribution in [3.63, 3.8) is 0 Å². The molecule has 7 heteroatoms. The molecule has 0 atom stereocenters. The van der Waals surface area contributed by atoms with E-state index in [0.717, 1.165) is 43.0 Å². The number of carbonyl (C=O) groups excluding carboxylic acids is 1. The molecule has 2 aromatic carbocycles. The van der Waals surface area contributed by atoms with Gasteiger partial charge in [-0.1, -0.05) is 35.7 Å². The zero-order chi connectivity index (χ0) is 18.8. The highest BCUT2D eigenvalue weighted by molar-refractivity contribution is 6.33. The summed E-state index contributed by atoms with van der Waals surface area (Å²) in [6, 6.07) is 12.2. The Kier molecular flexibility index (Phi) is 5.14. The first-order valence-corrected chi connectivity index (χ1v) is 9.66. The van der Waals surface area contributed by atoms with Gasteiger partial charge in [0, 0.05) is 34.8 Å². The maximum atomic E-state index is 12.5. The minimum absolute atomic E-state index is 0.231. The molecule has 27 heavy (non-hydrogen) atoms. The van der Waals surface area contributed by atoms with Gasteiger partial charge >= 0.3 is 0 Å². The van der Waals surface area contributed by atoms with Crippen LogP contribution in [0.25, 0.3) is 11.4 Å². The molecule has 1 aliphatic heterocycles. The van der Waals surface area contributed by atoms with Crippen LogP contribution in [0.5, 0.6) is 0 Å². The van der Waals surface area contributed by atoms with Crippen LogP contribution in [0.4, 0.5) is 5.69 Å². The van der Waals surface area contributed by atoms with Crippen LogP contribution in [-0.4, -0.2) is 20.7 Å². The maximum absolute atomic E-state index is 12.5. The highest BCUT2D eigenvalue weighted by atomic mass is 35.5. The van der Waals surface area contributed by atoms with Crippen molar-refractivity contribution in [3.8, 4) is 11.4 Å². The van der Waals surface area contributed by atoms with Gasteiger partial charge in [-0.25, -0.2) is 0 Å². The number of nitrogens with zero attached hydrogens (tertiary/aromatic N) is 3. The third kappa shape index (κ3) is 3.84. The lowest BCUT2D eigenvalue weighted by Crippen LogP contribution is -2.12. The second-order valence-electron chi connectivity index (χ2n) is 6.56. The first-order valence-electron chi connectivity index (χ1n) is 8.91. The average molecular weight is 401 g/mol. The molecule has 1 amide bonds. The summed E-state index contributed by atoms with van der Waals surface area (Å²) in [5.41, 5.74) is 1.90. The second-order valence-corrected chi connectivity index (χ2v) is 7.40. The van der Waals surface area contributed by atoms with Crippen molar-refractivity contribution in [2.45, 2.75) is 32.2 Å². The summed E-state index contributed by atoms with van der Waals surface area (Å²) in [4.78, 5) is 12.5. The van der Waals surface area contributed by atoms with Gasteiger partial charge in [0.2, 0.25) is 0 Å². The molecule has 138 valence electrons. The number of hydrogen-bond donors (Lipinski definition) is 1. The van der Waals surface area contributed by atoms with Crippen molar-refractivity contribution in [2.75, 3.05) is 5.32 Å². The van der Waals surface area contributed by atoms with Crippen LogP contribution in [0.1, 0.15) is 35.4 Å². The fourth-order valence-electron chi connectivity index (χ4n) is 3.29. The van der Waals surface area contributed by atoms with Gasteiger partial charge in [-0.15, -0.1) is 10.2 Å². The summed E-state index contributed by atoms with van der Waals surface area (Å²) in [5, 5.41) is 12.7. The van der Waals surface area contributed by atoms with E-state index in [1.165, 1.54) is 6.42 Å². The molecule has 0 spiro atoms. The minimum atomic E-state index is -0.231. The van der Waals surface area contributed by atoms with Crippen molar-refractivity contribution >= 4 is 34.8 Å².